The van der Waals surface area contributed by atoms with E-state index >= 15 is 0 Å². The summed E-state index contributed by atoms with van der Waals surface area (Å²) in [6.45, 7) is 9.41. The van der Waals surface area contributed by atoms with Crippen LogP contribution in [-0.2, 0) is 14.3 Å². The highest BCUT2D eigenvalue weighted by Gasteiger charge is 2.43. The van der Waals surface area contributed by atoms with Crippen molar-refractivity contribution in [2.75, 3.05) is 55.7 Å². The fraction of sp³-hybridized carbons (Fsp3) is 0.625. The van der Waals surface area contributed by atoms with Gasteiger partial charge in [-0.1, -0.05) is 0 Å². The molecule has 2 atom stereocenters. The first-order valence-corrected chi connectivity index (χ1v) is 11.9. The molecule has 0 spiro atoms. The van der Waals surface area contributed by atoms with Crippen molar-refractivity contribution in [3.05, 3.63) is 24.3 Å². The Bertz CT molecular complexity index is 915. The zero-order chi connectivity index (χ0) is 24.5. The van der Waals surface area contributed by atoms with Crippen LogP contribution in [0, 0.1) is 0 Å². The Balaban J connectivity index is 1.37. The monoisotopic (exact) mass is 474 g/mol. The number of fused-ring (bicyclic) bond motifs is 1. The summed E-state index contributed by atoms with van der Waals surface area (Å²) in [4.78, 5) is 43.8. The number of hydrogen-bond donors (Lipinski definition) is 1. The van der Waals surface area contributed by atoms with E-state index < -0.39 is 11.6 Å². The minimum Gasteiger partial charge on any atom is -0.481 e. The molecule has 0 aromatic heterocycles. The molecule has 3 aliphatic rings. The summed E-state index contributed by atoms with van der Waals surface area (Å²) in [7, 11) is 0. The number of carboxylic acid groups (broad SMARTS) is 1. The van der Waals surface area contributed by atoms with Crippen molar-refractivity contribution >= 4 is 29.5 Å². The topological polar surface area (TPSA) is 103 Å². The maximum absolute atomic E-state index is 13.0. The molecule has 10 nitrogen and oxygen atoms in total. The molecule has 3 amide bonds. The Labute approximate surface area is 200 Å². The molecule has 34 heavy (non-hydrogen) atoms. The maximum atomic E-state index is 13.0. The van der Waals surface area contributed by atoms with Crippen molar-refractivity contribution in [3.63, 3.8) is 0 Å². The highest BCUT2D eigenvalue weighted by atomic mass is 16.6. The Kier molecular flexibility index (Phi) is 6.88. The van der Waals surface area contributed by atoms with Crippen LogP contribution >= 0.6 is 0 Å². The van der Waals surface area contributed by atoms with Crippen molar-refractivity contribution < 1.29 is 29.0 Å². The second kappa shape index (κ2) is 9.69. The normalized spacial score (nSPS) is 23.2. The van der Waals surface area contributed by atoms with Gasteiger partial charge in [-0.3, -0.25) is 9.69 Å². The van der Waals surface area contributed by atoms with E-state index in [1.807, 2.05) is 49.9 Å². The van der Waals surface area contributed by atoms with Crippen LogP contribution in [0.1, 0.15) is 33.6 Å². The van der Waals surface area contributed by atoms with E-state index in [9.17, 15) is 14.4 Å². The van der Waals surface area contributed by atoms with E-state index in [0.29, 0.717) is 45.8 Å². The SMILES string of the molecule is CC(C)(C)OC(=O)N1CCN2C(=O)N(c3ccc(N4CCO[C@H](CCC(=O)O)C4)cc3)C[C@@H]2C1. The van der Waals surface area contributed by atoms with E-state index in [-0.39, 0.29) is 30.7 Å². The fourth-order valence-electron chi connectivity index (χ4n) is 4.67. The third kappa shape index (κ3) is 5.55. The Hall–Kier alpha value is -3.01. The van der Waals surface area contributed by atoms with Gasteiger partial charge in [0.05, 0.1) is 18.8 Å². The van der Waals surface area contributed by atoms with Gasteiger partial charge in [-0.25, -0.2) is 9.59 Å². The molecule has 0 saturated carbocycles. The fourth-order valence-corrected chi connectivity index (χ4v) is 4.67. The number of morpholine rings is 1. The summed E-state index contributed by atoms with van der Waals surface area (Å²) in [5.74, 6) is -0.814. The lowest BCUT2D eigenvalue weighted by atomic mass is 10.1. The summed E-state index contributed by atoms with van der Waals surface area (Å²) >= 11 is 0. The lowest BCUT2D eigenvalue weighted by Crippen LogP contribution is -2.54. The maximum Gasteiger partial charge on any atom is 0.410 e. The van der Waals surface area contributed by atoms with Crippen LogP contribution in [0.3, 0.4) is 0 Å². The predicted molar refractivity (Wildman–Crippen MR) is 126 cm³/mol. The number of aliphatic carboxylic acids is 1. The van der Waals surface area contributed by atoms with Gasteiger partial charge in [-0.15, -0.1) is 0 Å². The van der Waals surface area contributed by atoms with Gasteiger partial charge in [-0.05, 0) is 51.5 Å². The number of hydrogen-bond acceptors (Lipinski definition) is 6. The van der Waals surface area contributed by atoms with Gasteiger partial charge in [0, 0.05) is 57.1 Å². The van der Waals surface area contributed by atoms with Crippen LogP contribution in [0.25, 0.3) is 0 Å². The summed E-state index contributed by atoms with van der Waals surface area (Å²) in [5, 5.41) is 8.92. The Morgan fingerprint density at radius 2 is 1.76 bits per heavy atom. The van der Waals surface area contributed by atoms with Crippen molar-refractivity contribution in [1.29, 1.82) is 0 Å². The number of piperazine rings is 1. The second-order valence-electron chi connectivity index (χ2n) is 10.1. The van der Waals surface area contributed by atoms with E-state index in [2.05, 4.69) is 4.90 Å². The molecule has 186 valence electrons. The van der Waals surface area contributed by atoms with Gasteiger partial charge < -0.3 is 29.3 Å². The number of anilines is 2. The van der Waals surface area contributed by atoms with Gasteiger partial charge in [0.2, 0.25) is 0 Å². The number of rotatable bonds is 5. The average molecular weight is 475 g/mol. The standard InChI is InChI=1S/C24H34N4O6/c1-24(2,3)34-23(32)26-10-11-27-19(14-26)15-28(22(27)31)18-6-4-17(5-7-18)25-12-13-33-20(16-25)8-9-21(29)30/h4-7,19-20H,8-16H2,1-3H3,(H,29,30)/t19-,20+/m0/s1. The molecule has 0 radical (unpaired) electrons. The highest BCUT2D eigenvalue weighted by Crippen LogP contribution is 2.29. The molecule has 1 aromatic carbocycles. The van der Waals surface area contributed by atoms with Gasteiger partial charge in [0.25, 0.3) is 0 Å². The number of amides is 3. The molecule has 3 saturated heterocycles. The molecule has 0 unspecified atom stereocenters. The minimum atomic E-state index is -0.814. The number of carbonyl (C=O) groups excluding carboxylic acids is 2. The molecule has 3 fully saturated rings. The van der Waals surface area contributed by atoms with Crippen LogP contribution in [0.15, 0.2) is 24.3 Å². The summed E-state index contributed by atoms with van der Waals surface area (Å²) in [6.07, 6.45) is 0.143. The van der Waals surface area contributed by atoms with Crippen LogP contribution in [0.2, 0.25) is 0 Å². The first-order chi connectivity index (χ1) is 16.1. The van der Waals surface area contributed by atoms with Crippen LogP contribution in [-0.4, -0.2) is 96.6 Å². The zero-order valence-corrected chi connectivity index (χ0v) is 20.1. The van der Waals surface area contributed by atoms with E-state index in [4.69, 9.17) is 14.6 Å². The van der Waals surface area contributed by atoms with Crippen LogP contribution < -0.4 is 9.80 Å². The molecular weight excluding hydrogens is 440 g/mol. The first-order valence-electron chi connectivity index (χ1n) is 11.9. The summed E-state index contributed by atoms with van der Waals surface area (Å²) in [5.41, 5.74) is 1.29. The largest absolute Gasteiger partial charge is 0.481 e. The van der Waals surface area contributed by atoms with Crippen molar-refractivity contribution in [3.8, 4) is 0 Å². The smallest absolute Gasteiger partial charge is 0.410 e. The molecule has 0 bridgehead atoms. The summed E-state index contributed by atoms with van der Waals surface area (Å²) < 4.78 is 11.2. The molecule has 0 aliphatic carbocycles. The molecule has 10 heteroatoms. The first kappa shape index (κ1) is 24.1. The predicted octanol–water partition coefficient (Wildman–Crippen LogP) is 2.62. The summed E-state index contributed by atoms with van der Waals surface area (Å²) in [6, 6.07) is 7.77. The molecule has 1 aromatic rings. The molecule has 3 heterocycles. The Morgan fingerprint density at radius 3 is 2.44 bits per heavy atom. The molecule has 3 aliphatic heterocycles. The lowest BCUT2D eigenvalue weighted by molar-refractivity contribution is -0.137. The third-order valence-electron chi connectivity index (χ3n) is 6.35. The average Bonchev–Trinajstić information content (AvgIpc) is 3.12. The van der Waals surface area contributed by atoms with E-state index in [1.165, 1.54) is 0 Å². The van der Waals surface area contributed by atoms with Gasteiger partial charge in [-0.2, -0.15) is 0 Å². The van der Waals surface area contributed by atoms with Crippen molar-refractivity contribution in [1.82, 2.24) is 9.80 Å². The number of benzene rings is 1. The number of carbonyl (C=O) groups is 3. The highest BCUT2D eigenvalue weighted by molar-refractivity contribution is 5.95. The zero-order valence-electron chi connectivity index (χ0n) is 20.1. The number of nitrogens with zero attached hydrogens (tertiary/aromatic N) is 4. The Morgan fingerprint density at radius 1 is 1.06 bits per heavy atom. The number of carboxylic acids is 1. The van der Waals surface area contributed by atoms with E-state index in [0.717, 1.165) is 17.9 Å². The van der Waals surface area contributed by atoms with Gasteiger partial charge in [0.15, 0.2) is 0 Å². The molecule has 4 rings (SSSR count). The molecular formula is C24H34N4O6. The lowest BCUT2D eigenvalue weighted by Gasteiger charge is -2.36. The van der Waals surface area contributed by atoms with Crippen LogP contribution in [0.5, 0.6) is 0 Å². The van der Waals surface area contributed by atoms with Crippen LogP contribution in [0.4, 0.5) is 21.0 Å². The third-order valence-corrected chi connectivity index (χ3v) is 6.35. The molecule has 1 N–H and O–H groups in total. The number of ether oxygens (including phenoxy) is 2. The van der Waals surface area contributed by atoms with Crippen molar-refractivity contribution in [2.45, 2.75) is 51.4 Å². The quantitative estimate of drug-likeness (QED) is 0.700. The second-order valence-corrected chi connectivity index (χ2v) is 10.1. The number of urea groups is 1. The van der Waals surface area contributed by atoms with Gasteiger partial charge in [0.1, 0.15) is 5.60 Å². The van der Waals surface area contributed by atoms with Crippen molar-refractivity contribution in [2.24, 2.45) is 0 Å². The van der Waals surface area contributed by atoms with Gasteiger partial charge >= 0.3 is 18.1 Å². The minimum absolute atomic E-state index is 0.0401. The van der Waals surface area contributed by atoms with E-state index in [1.54, 1.807) is 9.80 Å².